The SMILES string of the molecule is C=CC1=CC=C=C(C(=O)c2ccc(OC)cc2)C=C1/C=C(\C)OC. The summed E-state index contributed by atoms with van der Waals surface area (Å²) in [7, 11) is 3.20. The van der Waals surface area contributed by atoms with Gasteiger partial charge in [0.25, 0.3) is 0 Å². The molecule has 0 saturated carbocycles. The monoisotopic (exact) mass is 320 g/mol. The second-order valence-corrected chi connectivity index (χ2v) is 5.17. The van der Waals surface area contributed by atoms with Crippen LogP contribution >= 0.6 is 0 Å². The van der Waals surface area contributed by atoms with Gasteiger partial charge in [0.05, 0.1) is 25.6 Å². The van der Waals surface area contributed by atoms with E-state index >= 15 is 0 Å². The molecule has 0 saturated heterocycles. The lowest BCUT2D eigenvalue weighted by Crippen LogP contribution is -2.01. The number of methoxy groups -OCH3 is 2. The van der Waals surface area contributed by atoms with Crippen LogP contribution in [0.1, 0.15) is 17.3 Å². The normalized spacial score (nSPS) is 14.1. The number of carbonyl (C=O) groups is 1. The molecule has 0 aromatic heterocycles. The molecule has 3 nitrogen and oxygen atoms in total. The first-order chi connectivity index (χ1) is 11.6. The summed E-state index contributed by atoms with van der Waals surface area (Å²) >= 11 is 0. The van der Waals surface area contributed by atoms with E-state index in [0.29, 0.717) is 16.9 Å². The first kappa shape index (κ1) is 17.3. The van der Waals surface area contributed by atoms with Crippen LogP contribution in [0.4, 0.5) is 0 Å². The van der Waals surface area contributed by atoms with Gasteiger partial charge in [0.2, 0.25) is 5.78 Å². The Labute approximate surface area is 142 Å². The van der Waals surface area contributed by atoms with Crippen LogP contribution in [-0.4, -0.2) is 20.0 Å². The summed E-state index contributed by atoms with van der Waals surface area (Å²) in [6.07, 6.45) is 9.01. The number of rotatable bonds is 6. The molecule has 0 fully saturated rings. The molecule has 0 spiro atoms. The van der Waals surface area contributed by atoms with Gasteiger partial charge in [-0.1, -0.05) is 12.7 Å². The van der Waals surface area contributed by atoms with Gasteiger partial charge in [-0.25, -0.2) is 0 Å². The van der Waals surface area contributed by atoms with Gasteiger partial charge in [-0.3, -0.25) is 4.79 Å². The van der Waals surface area contributed by atoms with Crippen molar-refractivity contribution >= 4 is 5.78 Å². The zero-order chi connectivity index (χ0) is 17.5. The second kappa shape index (κ2) is 8.00. The van der Waals surface area contributed by atoms with Gasteiger partial charge >= 0.3 is 0 Å². The molecule has 0 amide bonds. The van der Waals surface area contributed by atoms with Crippen molar-refractivity contribution in [3.05, 3.63) is 95.0 Å². The minimum atomic E-state index is -0.103. The van der Waals surface area contributed by atoms with Crippen molar-refractivity contribution in [2.24, 2.45) is 0 Å². The molecule has 1 aromatic rings. The molecule has 0 N–H and O–H groups in total. The molecule has 1 aromatic carbocycles. The quantitative estimate of drug-likeness (QED) is 0.438. The highest BCUT2D eigenvalue weighted by Gasteiger charge is 2.13. The van der Waals surface area contributed by atoms with Gasteiger partial charge in [0.1, 0.15) is 5.75 Å². The number of carbonyl (C=O) groups excluding carboxylic acids is 1. The van der Waals surface area contributed by atoms with Crippen molar-refractivity contribution in [2.75, 3.05) is 14.2 Å². The molecule has 24 heavy (non-hydrogen) atoms. The highest BCUT2D eigenvalue weighted by Crippen LogP contribution is 2.22. The minimum Gasteiger partial charge on any atom is -0.501 e. The van der Waals surface area contributed by atoms with E-state index in [0.717, 1.165) is 16.9 Å². The molecule has 2 rings (SSSR count). The standard InChI is InChI=1S/C21H20O3/c1-5-16-7-6-8-18(14-19(16)13-15(2)23-3)21(22)17-9-11-20(24-4)12-10-17/h5-7,9-14H,1H2,2-4H3/b15-13+. The van der Waals surface area contributed by atoms with Crippen molar-refractivity contribution in [3.8, 4) is 5.75 Å². The number of allylic oxidation sites excluding steroid dienone is 8. The zero-order valence-corrected chi connectivity index (χ0v) is 14.1. The Bertz CT molecular complexity index is 796. The van der Waals surface area contributed by atoms with Crippen LogP contribution in [0.5, 0.6) is 5.75 Å². The van der Waals surface area contributed by atoms with Gasteiger partial charge in [0, 0.05) is 5.56 Å². The number of ether oxygens (including phenoxy) is 2. The Balaban J connectivity index is 2.41. The van der Waals surface area contributed by atoms with Crippen molar-refractivity contribution in [1.82, 2.24) is 0 Å². The molecule has 0 radical (unpaired) electrons. The lowest BCUT2D eigenvalue weighted by Gasteiger charge is -2.06. The molecule has 1 aliphatic rings. The number of ketones is 1. The Morgan fingerprint density at radius 1 is 1.17 bits per heavy atom. The minimum absolute atomic E-state index is 0.103. The van der Waals surface area contributed by atoms with Gasteiger partial charge < -0.3 is 9.47 Å². The molecule has 0 heterocycles. The van der Waals surface area contributed by atoms with E-state index in [1.165, 1.54) is 0 Å². The van der Waals surface area contributed by atoms with Gasteiger partial charge in [0.15, 0.2) is 0 Å². The predicted molar refractivity (Wildman–Crippen MR) is 96.0 cm³/mol. The fourth-order valence-electron chi connectivity index (χ4n) is 2.22. The Morgan fingerprint density at radius 2 is 1.88 bits per heavy atom. The number of Topliss-reactive ketones (excluding diaryl/α,β-unsaturated/α-hetero) is 1. The maximum Gasteiger partial charge on any atom is 0.200 e. The van der Waals surface area contributed by atoms with E-state index in [1.807, 2.05) is 19.1 Å². The van der Waals surface area contributed by atoms with Crippen molar-refractivity contribution in [2.45, 2.75) is 6.92 Å². The third-order valence-electron chi connectivity index (χ3n) is 3.63. The highest BCUT2D eigenvalue weighted by molar-refractivity contribution is 6.10. The summed E-state index contributed by atoms with van der Waals surface area (Å²) in [5.41, 5.74) is 5.84. The van der Waals surface area contributed by atoms with Crippen LogP contribution < -0.4 is 4.74 Å². The first-order valence-electron chi connectivity index (χ1n) is 7.51. The number of hydrogen-bond donors (Lipinski definition) is 0. The molecular formula is C21H20O3. The average molecular weight is 320 g/mol. The van der Waals surface area contributed by atoms with E-state index in [9.17, 15) is 4.79 Å². The van der Waals surface area contributed by atoms with Gasteiger partial charge in [-0.2, -0.15) is 0 Å². The van der Waals surface area contributed by atoms with E-state index in [1.54, 1.807) is 56.7 Å². The molecule has 0 aliphatic heterocycles. The molecule has 122 valence electrons. The average Bonchev–Trinajstić information content (AvgIpc) is 2.83. The van der Waals surface area contributed by atoms with Gasteiger partial charge in [-0.05, 0) is 66.6 Å². The lowest BCUT2D eigenvalue weighted by molar-refractivity contribution is 0.103. The topological polar surface area (TPSA) is 35.5 Å². The highest BCUT2D eigenvalue weighted by atomic mass is 16.5. The largest absolute Gasteiger partial charge is 0.501 e. The van der Waals surface area contributed by atoms with Crippen molar-refractivity contribution in [3.63, 3.8) is 0 Å². The van der Waals surface area contributed by atoms with E-state index in [-0.39, 0.29) is 5.78 Å². The Morgan fingerprint density at radius 3 is 2.46 bits per heavy atom. The smallest absolute Gasteiger partial charge is 0.200 e. The second-order valence-electron chi connectivity index (χ2n) is 5.17. The maximum atomic E-state index is 12.7. The molecule has 0 unspecified atom stereocenters. The fraction of sp³-hybridized carbons (Fsp3) is 0.143. The molecular weight excluding hydrogens is 300 g/mol. The summed E-state index contributed by atoms with van der Waals surface area (Å²) in [6, 6.07) is 7.02. The summed E-state index contributed by atoms with van der Waals surface area (Å²) in [5, 5.41) is 0. The first-order valence-corrected chi connectivity index (χ1v) is 7.51. The van der Waals surface area contributed by atoms with Crippen molar-refractivity contribution < 1.29 is 14.3 Å². The summed E-state index contributed by atoms with van der Waals surface area (Å²) in [4.78, 5) is 12.7. The number of benzene rings is 1. The summed E-state index contributed by atoms with van der Waals surface area (Å²) in [5.74, 6) is 1.35. The molecule has 0 bridgehead atoms. The van der Waals surface area contributed by atoms with Crippen molar-refractivity contribution in [1.29, 1.82) is 0 Å². The molecule has 0 atom stereocenters. The van der Waals surface area contributed by atoms with Crippen LogP contribution in [0.25, 0.3) is 0 Å². The third-order valence-corrected chi connectivity index (χ3v) is 3.63. The van der Waals surface area contributed by atoms with Crippen LogP contribution in [0.2, 0.25) is 0 Å². The van der Waals surface area contributed by atoms with Crippen LogP contribution in [0.15, 0.2) is 89.4 Å². The zero-order valence-electron chi connectivity index (χ0n) is 14.1. The van der Waals surface area contributed by atoms with Crippen LogP contribution in [-0.2, 0) is 4.74 Å². The van der Waals surface area contributed by atoms with Crippen LogP contribution in [0.3, 0.4) is 0 Å². The van der Waals surface area contributed by atoms with E-state index in [2.05, 4.69) is 12.3 Å². The Hall–Kier alpha value is -3.03. The molecule has 3 heteroatoms. The van der Waals surface area contributed by atoms with Gasteiger partial charge in [-0.15, -0.1) is 5.73 Å². The summed E-state index contributed by atoms with van der Waals surface area (Å²) in [6.45, 7) is 5.68. The Kier molecular flexibility index (Phi) is 5.78. The van der Waals surface area contributed by atoms with E-state index in [4.69, 9.17) is 9.47 Å². The lowest BCUT2D eigenvalue weighted by atomic mass is 9.99. The fourth-order valence-corrected chi connectivity index (χ4v) is 2.22. The van der Waals surface area contributed by atoms with Crippen LogP contribution in [0, 0.1) is 0 Å². The third kappa shape index (κ3) is 4.03. The predicted octanol–water partition coefficient (Wildman–Crippen LogP) is 4.56. The van der Waals surface area contributed by atoms with E-state index < -0.39 is 0 Å². The summed E-state index contributed by atoms with van der Waals surface area (Å²) < 4.78 is 10.3. The maximum absolute atomic E-state index is 12.7. The molecule has 1 aliphatic carbocycles. The number of hydrogen-bond acceptors (Lipinski definition) is 3.